The number of para-hydroxylation sites is 2. The molecule has 0 unspecified atom stereocenters. The summed E-state index contributed by atoms with van der Waals surface area (Å²) in [4.78, 5) is 26.3. The van der Waals surface area contributed by atoms with Gasteiger partial charge >= 0.3 is 0 Å². The van der Waals surface area contributed by atoms with Crippen LogP contribution in [0, 0.1) is 0 Å². The minimum atomic E-state index is -0.302. The van der Waals surface area contributed by atoms with Crippen LogP contribution in [-0.4, -0.2) is 30.0 Å². The Morgan fingerprint density at radius 2 is 1.74 bits per heavy atom. The van der Waals surface area contributed by atoms with Crippen LogP contribution < -0.4 is 5.32 Å². The molecule has 7 nitrogen and oxygen atoms in total. The van der Waals surface area contributed by atoms with Gasteiger partial charge in [0.15, 0.2) is 0 Å². The van der Waals surface area contributed by atoms with E-state index in [2.05, 4.69) is 20.3 Å². The molecule has 4 aromatic heterocycles. The Morgan fingerprint density at radius 3 is 2.58 bits per heavy atom. The van der Waals surface area contributed by atoms with E-state index in [0.29, 0.717) is 18.2 Å². The van der Waals surface area contributed by atoms with Crippen LogP contribution in [0.4, 0.5) is 5.95 Å². The van der Waals surface area contributed by atoms with Crippen molar-refractivity contribution < 1.29 is 4.79 Å². The van der Waals surface area contributed by atoms with Crippen molar-refractivity contribution in [3.63, 3.8) is 0 Å². The van der Waals surface area contributed by atoms with Gasteiger partial charge in [0, 0.05) is 49.1 Å². The van der Waals surface area contributed by atoms with Gasteiger partial charge in [0.2, 0.25) is 5.95 Å². The fourth-order valence-electron chi connectivity index (χ4n) is 3.55. The number of benzene rings is 1. The zero-order chi connectivity index (χ0) is 21.0. The Kier molecular flexibility index (Phi) is 4.98. The second kappa shape index (κ2) is 8.23. The van der Waals surface area contributed by atoms with Crippen LogP contribution in [0.5, 0.6) is 0 Å². The summed E-state index contributed by atoms with van der Waals surface area (Å²) in [6.45, 7) is 0.643. The van der Waals surface area contributed by atoms with Gasteiger partial charge in [-0.25, -0.2) is 4.98 Å². The summed E-state index contributed by atoms with van der Waals surface area (Å²) >= 11 is 0. The number of amides is 1. The van der Waals surface area contributed by atoms with Crippen molar-refractivity contribution in [2.75, 3.05) is 5.32 Å². The average molecular weight is 408 g/mol. The van der Waals surface area contributed by atoms with Crippen molar-refractivity contribution in [2.45, 2.75) is 13.0 Å². The van der Waals surface area contributed by atoms with Gasteiger partial charge in [-0.05, 0) is 48.5 Å². The first-order valence-electron chi connectivity index (χ1n) is 10.0. The zero-order valence-corrected chi connectivity index (χ0v) is 16.7. The summed E-state index contributed by atoms with van der Waals surface area (Å²) in [7, 11) is 0. The zero-order valence-electron chi connectivity index (χ0n) is 16.7. The Morgan fingerprint density at radius 1 is 0.903 bits per heavy atom. The van der Waals surface area contributed by atoms with E-state index in [4.69, 9.17) is 0 Å². The molecule has 1 aromatic carbocycles. The second-order valence-electron chi connectivity index (χ2n) is 7.09. The van der Waals surface area contributed by atoms with E-state index in [1.807, 2.05) is 82.2 Å². The second-order valence-corrected chi connectivity index (χ2v) is 7.09. The first-order chi connectivity index (χ1) is 15.3. The highest BCUT2D eigenvalue weighted by Crippen LogP contribution is 2.21. The molecular weight excluding hydrogens is 388 g/mol. The van der Waals surface area contributed by atoms with Crippen LogP contribution >= 0.6 is 0 Å². The lowest BCUT2D eigenvalue weighted by Crippen LogP contribution is -2.18. The van der Waals surface area contributed by atoms with Gasteiger partial charge in [-0.2, -0.15) is 0 Å². The molecule has 0 aliphatic rings. The van der Waals surface area contributed by atoms with Crippen molar-refractivity contribution in [3.05, 3.63) is 103 Å². The third kappa shape index (κ3) is 3.93. The normalized spacial score (nSPS) is 11.0. The largest absolute Gasteiger partial charge is 0.324 e. The van der Waals surface area contributed by atoms with Gasteiger partial charge in [-0.3, -0.25) is 20.1 Å². The molecule has 152 valence electrons. The van der Waals surface area contributed by atoms with Crippen molar-refractivity contribution in [3.8, 4) is 5.69 Å². The molecule has 5 rings (SSSR count). The number of aryl methyl sites for hydroxylation is 2. The molecule has 0 aliphatic carbocycles. The summed E-state index contributed by atoms with van der Waals surface area (Å²) in [6.07, 6.45) is 8.00. The molecule has 0 radical (unpaired) electrons. The predicted molar refractivity (Wildman–Crippen MR) is 119 cm³/mol. The van der Waals surface area contributed by atoms with Crippen LogP contribution in [0.15, 0.2) is 91.5 Å². The first kappa shape index (κ1) is 18.7. The highest BCUT2D eigenvalue weighted by Gasteiger charge is 2.16. The van der Waals surface area contributed by atoms with Crippen molar-refractivity contribution in [1.29, 1.82) is 0 Å². The molecule has 0 bridgehead atoms. The predicted octanol–water partition coefficient (Wildman–Crippen LogP) is 4.11. The summed E-state index contributed by atoms with van der Waals surface area (Å²) < 4.78 is 3.94. The van der Waals surface area contributed by atoms with Gasteiger partial charge in [-0.1, -0.05) is 18.2 Å². The summed E-state index contributed by atoms with van der Waals surface area (Å²) in [6, 6.07) is 21.2. The molecule has 1 amide bonds. The Bertz CT molecular complexity index is 1320. The van der Waals surface area contributed by atoms with Gasteiger partial charge in [-0.15, -0.1) is 0 Å². The Hall–Kier alpha value is -4.26. The number of imidazole rings is 1. The van der Waals surface area contributed by atoms with Crippen LogP contribution in [-0.2, 0) is 13.0 Å². The van der Waals surface area contributed by atoms with Crippen LogP contribution in [0.1, 0.15) is 16.2 Å². The smallest absolute Gasteiger partial charge is 0.276 e. The van der Waals surface area contributed by atoms with E-state index in [1.165, 1.54) is 0 Å². The topological polar surface area (TPSA) is 77.6 Å². The molecule has 0 saturated heterocycles. The maximum Gasteiger partial charge on any atom is 0.276 e. The number of nitrogens with zero attached hydrogens (tertiary/aromatic N) is 5. The van der Waals surface area contributed by atoms with E-state index < -0.39 is 0 Å². The standard InChI is InChI=1S/C24H20N6O/c31-23(21-17-19(10-13-26-21)29-14-5-6-15-29)28-24-27-20-8-1-2-9-22(20)30(24)16-11-18-7-3-4-12-25-18/h1-10,12-15,17H,11,16H2,(H,27,28,31). The van der Waals surface area contributed by atoms with Crippen LogP contribution in [0.25, 0.3) is 16.7 Å². The molecule has 4 heterocycles. The fourth-order valence-corrected chi connectivity index (χ4v) is 3.55. The lowest BCUT2D eigenvalue weighted by atomic mass is 10.2. The monoisotopic (exact) mass is 408 g/mol. The SMILES string of the molecule is O=C(Nc1nc2ccccc2n1CCc1ccccn1)c1cc(-n2cccc2)ccn1. The molecule has 0 saturated carbocycles. The van der Waals surface area contributed by atoms with E-state index in [0.717, 1.165) is 28.8 Å². The first-order valence-corrected chi connectivity index (χ1v) is 10.0. The third-order valence-corrected chi connectivity index (χ3v) is 5.08. The number of fused-ring (bicyclic) bond motifs is 1. The summed E-state index contributed by atoms with van der Waals surface area (Å²) in [5, 5.41) is 2.95. The molecule has 0 aliphatic heterocycles. The molecule has 0 fully saturated rings. The summed E-state index contributed by atoms with van der Waals surface area (Å²) in [5.74, 6) is 0.193. The number of carbonyl (C=O) groups is 1. The number of hydrogen-bond acceptors (Lipinski definition) is 4. The lowest BCUT2D eigenvalue weighted by molar-refractivity contribution is 0.102. The summed E-state index contributed by atoms with van der Waals surface area (Å²) in [5.41, 5.74) is 3.97. The number of carbonyl (C=O) groups excluding carboxylic acids is 1. The maximum absolute atomic E-state index is 13.0. The highest BCUT2D eigenvalue weighted by atomic mass is 16.2. The van der Waals surface area contributed by atoms with Crippen molar-refractivity contribution in [1.82, 2.24) is 24.1 Å². The minimum Gasteiger partial charge on any atom is -0.324 e. The van der Waals surface area contributed by atoms with E-state index in [1.54, 1.807) is 18.5 Å². The molecule has 31 heavy (non-hydrogen) atoms. The number of anilines is 1. The lowest BCUT2D eigenvalue weighted by Gasteiger charge is -2.10. The minimum absolute atomic E-state index is 0.302. The molecule has 0 spiro atoms. The van der Waals surface area contributed by atoms with E-state index in [9.17, 15) is 4.79 Å². The van der Waals surface area contributed by atoms with E-state index in [-0.39, 0.29) is 5.91 Å². The van der Waals surface area contributed by atoms with Gasteiger partial charge in [0.05, 0.1) is 11.0 Å². The van der Waals surface area contributed by atoms with Crippen LogP contribution in [0.3, 0.4) is 0 Å². The number of rotatable bonds is 6. The van der Waals surface area contributed by atoms with Crippen molar-refractivity contribution in [2.24, 2.45) is 0 Å². The molecule has 7 heteroatoms. The fraction of sp³-hybridized carbons (Fsp3) is 0.0833. The van der Waals surface area contributed by atoms with Gasteiger partial charge < -0.3 is 9.13 Å². The average Bonchev–Trinajstić information content (AvgIpc) is 3.47. The molecule has 0 atom stereocenters. The molecular formula is C24H20N6O. The number of aromatic nitrogens is 5. The van der Waals surface area contributed by atoms with Gasteiger partial charge in [0.1, 0.15) is 5.69 Å². The van der Waals surface area contributed by atoms with Crippen LogP contribution in [0.2, 0.25) is 0 Å². The molecule has 5 aromatic rings. The van der Waals surface area contributed by atoms with Crippen molar-refractivity contribution >= 4 is 22.9 Å². The Balaban J connectivity index is 1.43. The molecule has 1 N–H and O–H groups in total. The number of hydrogen-bond donors (Lipinski definition) is 1. The highest BCUT2D eigenvalue weighted by molar-refractivity contribution is 6.03. The van der Waals surface area contributed by atoms with Gasteiger partial charge in [0.25, 0.3) is 5.91 Å². The quantitative estimate of drug-likeness (QED) is 0.459. The van der Waals surface area contributed by atoms with E-state index >= 15 is 0 Å². The number of nitrogens with one attached hydrogen (secondary N) is 1. The maximum atomic E-state index is 13.0. The third-order valence-electron chi connectivity index (χ3n) is 5.08. The number of pyridine rings is 2. The Labute approximate surface area is 179 Å².